The first kappa shape index (κ1) is 12.0. The lowest BCUT2D eigenvalue weighted by molar-refractivity contribution is -0.141. The Balaban J connectivity index is 1.65. The second kappa shape index (κ2) is 3.71. The van der Waals surface area contributed by atoms with E-state index in [4.69, 9.17) is 0 Å². The van der Waals surface area contributed by atoms with E-state index in [0.29, 0.717) is 17.7 Å². The van der Waals surface area contributed by atoms with Gasteiger partial charge in [-0.3, -0.25) is 9.58 Å². The van der Waals surface area contributed by atoms with Gasteiger partial charge < -0.3 is 5.32 Å². The summed E-state index contributed by atoms with van der Waals surface area (Å²) in [4.78, 5) is 2.16. The number of alkyl halides is 3. The summed E-state index contributed by atoms with van der Waals surface area (Å²) in [6.07, 6.45) is -4.36. The van der Waals surface area contributed by atoms with Crippen LogP contribution in [0, 0.1) is 5.41 Å². The molecule has 1 aromatic rings. The summed E-state index contributed by atoms with van der Waals surface area (Å²) in [5.74, 6) is 0. The van der Waals surface area contributed by atoms with Crippen LogP contribution in [0.3, 0.4) is 0 Å². The molecule has 0 aliphatic carbocycles. The Bertz CT molecular complexity index is 453. The minimum absolute atomic E-state index is 0.394. The highest BCUT2D eigenvalue weighted by molar-refractivity contribution is 5.14. The monoisotopic (exact) mass is 260 g/mol. The van der Waals surface area contributed by atoms with E-state index in [-0.39, 0.29) is 0 Å². The maximum absolute atomic E-state index is 12.5. The molecule has 2 saturated heterocycles. The lowest BCUT2D eigenvalue weighted by Gasteiger charge is -2.56. The van der Waals surface area contributed by atoms with E-state index >= 15 is 0 Å². The SMILES string of the molecule is Cn1nc(C(F)(F)F)cc1CN1CC2(CNC2)C1. The highest BCUT2D eigenvalue weighted by atomic mass is 19.4. The first-order valence-corrected chi connectivity index (χ1v) is 5.91. The molecule has 0 saturated carbocycles. The van der Waals surface area contributed by atoms with Crippen LogP contribution in [0.1, 0.15) is 11.4 Å². The van der Waals surface area contributed by atoms with Gasteiger partial charge in [-0.25, -0.2) is 0 Å². The number of aryl methyl sites for hydroxylation is 1. The van der Waals surface area contributed by atoms with Crippen LogP contribution in [-0.4, -0.2) is 40.9 Å². The van der Waals surface area contributed by atoms with Gasteiger partial charge in [-0.1, -0.05) is 0 Å². The van der Waals surface area contributed by atoms with Gasteiger partial charge in [0, 0.05) is 45.2 Å². The number of likely N-dealkylation sites (tertiary alicyclic amines) is 1. The molecule has 1 aromatic heterocycles. The molecule has 4 nitrogen and oxygen atoms in total. The highest BCUT2D eigenvalue weighted by Crippen LogP contribution is 2.35. The predicted molar refractivity (Wildman–Crippen MR) is 58.8 cm³/mol. The third kappa shape index (κ3) is 1.91. The summed E-state index contributed by atoms with van der Waals surface area (Å²) in [5, 5.41) is 6.75. The Hall–Kier alpha value is -1.08. The van der Waals surface area contributed by atoms with Gasteiger partial charge in [-0.15, -0.1) is 0 Å². The van der Waals surface area contributed by atoms with E-state index in [2.05, 4.69) is 15.3 Å². The van der Waals surface area contributed by atoms with Crippen molar-refractivity contribution in [2.75, 3.05) is 26.2 Å². The van der Waals surface area contributed by atoms with Crippen molar-refractivity contribution in [3.63, 3.8) is 0 Å². The van der Waals surface area contributed by atoms with Crippen molar-refractivity contribution in [1.82, 2.24) is 20.0 Å². The second-order valence-corrected chi connectivity index (χ2v) is 5.39. The number of aromatic nitrogens is 2. The molecule has 3 heterocycles. The Morgan fingerprint density at radius 1 is 1.39 bits per heavy atom. The number of hydrogen-bond donors (Lipinski definition) is 1. The topological polar surface area (TPSA) is 33.1 Å². The minimum atomic E-state index is -4.36. The molecular weight excluding hydrogens is 245 g/mol. The third-order valence-corrected chi connectivity index (χ3v) is 3.77. The molecular formula is C11H15F3N4. The lowest BCUT2D eigenvalue weighted by atomic mass is 9.74. The molecule has 0 unspecified atom stereocenters. The van der Waals surface area contributed by atoms with Crippen molar-refractivity contribution in [2.45, 2.75) is 12.7 Å². The Morgan fingerprint density at radius 2 is 2.06 bits per heavy atom. The summed E-state index contributed by atoms with van der Waals surface area (Å²) in [7, 11) is 1.56. The van der Waals surface area contributed by atoms with Crippen LogP contribution in [-0.2, 0) is 19.8 Å². The van der Waals surface area contributed by atoms with Crippen LogP contribution in [0.2, 0.25) is 0 Å². The van der Waals surface area contributed by atoms with E-state index in [1.807, 2.05) is 0 Å². The molecule has 7 heteroatoms. The van der Waals surface area contributed by atoms with Crippen molar-refractivity contribution < 1.29 is 13.2 Å². The Morgan fingerprint density at radius 3 is 2.50 bits per heavy atom. The van der Waals surface area contributed by atoms with Crippen LogP contribution >= 0.6 is 0 Å². The third-order valence-electron chi connectivity index (χ3n) is 3.77. The number of hydrogen-bond acceptors (Lipinski definition) is 3. The summed E-state index contributed by atoms with van der Waals surface area (Å²) < 4.78 is 38.8. The maximum atomic E-state index is 12.5. The van der Waals surface area contributed by atoms with Gasteiger partial charge in [0.1, 0.15) is 0 Å². The van der Waals surface area contributed by atoms with Gasteiger partial charge in [0.2, 0.25) is 0 Å². The van der Waals surface area contributed by atoms with E-state index < -0.39 is 11.9 Å². The number of nitrogens with zero attached hydrogens (tertiary/aromatic N) is 3. The molecule has 100 valence electrons. The molecule has 0 atom stereocenters. The lowest BCUT2D eigenvalue weighted by Crippen LogP contribution is -2.70. The standard InChI is InChI=1S/C11H15F3N4/c1-17-8(2-9(16-17)11(12,13)14)3-18-6-10(7-18)4-15-5-10/h2,15H,3-7H2,1H3. The zero-order valence-corrected chi connectivity index (χ0v) is 10.1. The highest BCUT2D eigenvalue weighted by Gasteiger charge is 2.47. The number of halogens is 3. The molecule has 1 spiro atoms. The van der Waals surface area contributed by atoms with Crippen LogP contribution in [0.4, 0.5) is 13.2 Å². The van der Waals surface area contributed by atoms with Crippen molar-refractivity contribution in [2.24, 2.45) is 12.5 Å². The predicted octanol–water partition coefficient (Wildman–Crippen LogP) is 0.844. The Kier molecular flexibility index (Phi) is 2.47. The largest absolute Gasteiger partial charge is 0.435 e. The molecule has 0 radical (unpaired) electrons. The van der Waals surface area contributed by atoms with Crippen LogP contribution in [0.5, 0.6) is 0 Å². The minimum Gasteiger partial charge on any atom is -0.315 e. The molecule has 3 rings (SSSR count). The molecule has 0 aromatic carbocycles. The number of nitrogens with one attached hydrogen (secondary N) is 1. The van der Waals surface area contributed by atoms with Crippen molar-refractivity contribution in [3.8, 4) is 0 Å². The summed E-state index contributed by atoms with van der Waals surface area (Å²) >= 11 is 0. The fraction of sp³-hybridized carbons (Fsp3) is 0.727. The fourth-order valence-electron chi connectivity index (χ4n) is 2.74. The molecule has 2 fully saturated rings. The van der Waals surface area contributed by atoms with Crippen LogP contribution in [0.15, 0.2) is 6.07 Å². The molecule has 18 heavy (non-hydrogen) atoms. The normalized spacial score (nSPS) is 22.9. The average molecular weight is 260 g/mol. The molecule has 0 bridgehead atoms. The summed E-state index contributed by atoms with van der Waals surface area (Å²) in [5.41, 5.74) is 0.204. The summed E-state index contributed by atoms with van der Waals surface area (Å²) in [6.45, 7) is 4.53. The smallest absolute Gasteiger partial charge is 0.315 e. The first-order valence-electron chi connectivity index (χ1n) is 5.91. The van der Waals surface area contributed by atoms with Gasteiger partial charge in [-0.05, 0) is 6.07 Å². The number of rotatable bonds is 2. The zero-order chi connectivity index (χ0) is 13.0. The molecule has 2 aliphatic rings. The zero-order valence-electron chi connectivity index (χ0n) is 10.1. The quantitative estimate of drug-likeness (QED) is 0.855. The van der Waals surface area contributed by atoms with Crippen molar-refractivity contribution >= 4 is 0 Å². The molecule has 0 amide bonds. The van der Waals surface area contributed by atoms with Gasteiger partial charge in [0.25, 0.3) is 0 Å². The maximum Gasteiger partial charge on any atom is 0.435 e. The van der Waals surface area contributed by atoms with Crippen LogP contribution in [0.25, 0.3) is 0 Å². The van der Waals surface area contributed by atoms with E-state index in [1.54, 1.807) is 7.05 Å². The summed E-state index contributed by atoms with van der Waals surface area (Å²) in [6, 6.07) is 1.14. The van der Waals surface area contributed by atoms with Gasteiger partial charge >= 0.3 is 6.18 Å². The average Bonchev–Trinajstić information content (AvgIpc) is 2.49. The van der Waals surface area contributed by atoms with Gasteiger partial charge in [0.15, 0.2) is 5.69 Å². The van der Waals surface area contributed by atoms with Crippen molar-refractivity contribution in [3.05, 3.63) is 17.5 Å². The fourth-order valence-corrected chi connectivity index (χ4v) is 2.74. The van der Waals surface area contributed by atoms with Crippen molar-refractivity contribution in [1.29, 1.82) is 0 Å². The first-order chi connectivity index (χ1) is 8.38. The van der Waals surface area contributed by atoms with E-state index in [1.165, 1.54) is 4.68 Å². The Labute approximate surface area is 103 Å². The van der Waals surface area contributed by atoms with E-state index in [0.717, 1.165) is 32.2 Å². The second-order valence-electron chi connectivity index (χ2n) is 5.39. The van der Waals surface area contributed by atoms with Gasteiger partial charge in [0.05, 0.1) is 5.69 Å². The van der Waals surface area contributed by atoms with E-state index in [9.17, 15) is 13.2 Å². The molecule has 2 aliphatic heterocycles. The van der Waals surface area contributed by atoms with Crippen LogP contribution < -0.4 is 5.32 Å². The van der Waals surface area contributed by atoms with Gasteiger partial charge in [-0.2, -0.15) is 18.3 Å². The molecule has 1 N–H and O–H groups in total.